The van der Waals surface area contributed by atoms with Gasteiger partial charge in [-0.05, 0) is 5.56 Å². The smallest absolute Gasteiger partial charge is 0.407 e. The minimum Gasteiger partial charge on any atom is -0.478 e. The summed E-state index contributed by atoms with van der Waals surface area (Å²) in [4.78, 5) is 24.0. The Bertz CT molecular complexity index is 454. The van der Waals surface area contributed by atoms with Crippen LogP contribution < -0.4 is 0 Å². The average molecular weight is 241 g/mol. The molecule has 1 amide bonds. The number of carboxylic acids is 1. The molecule has 1 aromatic rings. The van der Waals surface area contributed by atoms with Crippen molar-refractivity contribution in [2.45, 2.75) is 19.4 Å². The van der Waals surface area contributed by atoms with Crippen molar-refractivity contribution >= 4 is 23.4 Å². The summed E-state index contributed by atoms with van der Waals surface area (Å²) < 4.78 is 0. The first kappa shape index (κ1) is 10.9. The van der Waals surface area contributed by atoms with Crippen LogP contribution in [0.5, 0.6) is 0 Å². The van der Waals surface area contributed by atoms with Crippen LogP contribution in [-0.4, -0.2) is 33.7 Å². The maximum atomic E-state index is 11.0. The molecule has 2 rings (SSSR count). The van der Waals surface area contributed by atoms with E-state index < -0.39 is 12.1 Å². The summed E-state index contributed by atoms with van der Waals surface area (Å²) in [7, 11) is 0. The molecule has 2 N–H and O–H groups in total. The molecule has 1 atom stereocenters. The highest BCUT2D eigenvalue weighted by Gasteiger charge is 2.30. The number of hydrogen-bond acceptors (Lipinski definition) is 3. The van der Waals surface area contributed by atoms with Crippen LogP contribution >= 0.6 is 11.3 Å². The Labute approximate surface area is 95.9 Å². The lowest BCUT2D eigenvalue weighted by Crippen LogP contribution is -2.36. The highest BCUT2D eigenvalue weighted by molar-refractivity contribution is 7.10. The molecule has 6 heteroatoms. The van der Waals surface area contributed by atoms with E-state index in [1.54, 1.807) is 5.38 Å². The summed E-state index contributed by atoms with van der Waals surface area (Å²) in [5.74, 6) is -0.995. The zero-order valence-electron chi connectivity index (χ0n) is 8.64. The Morgan fingerprint density at radius 2 is 2.19 bits per heavy atom. The number of thiophene rings is 1. The highest BCUT2D eigenvalue weighted by atomic mass is 32.1. The van der Waals surface area contributed by atoms with Crippen molar-refractivity contribution < 1.29 is 19.8 Å². The Hall–Kier alpha value is -1.56. The lowest BCUT2D eigenvalue weighted by molar-refractivity contribution is 0.0695. The van der Waals surface area contributed by atoms with Gasteiger partial charge in [0.05, 0.1) is 12.1 Å². The number of carbonyl (C=O) groups is 2. The number of rotatable bonds is 1. The van der Waals surface area contributed by atoms with Crippen LogP contribution in [0.4, 0.5) is 4.79 Å². The molecule has 0 saturated carbocycles. The van der Waals surface area contributed by atoms with Gasteiger partial charge in [0.2, 0.25) is 0 Å². The molecule has 0 aliphatic carbocycles. The molecule has 1 aromatic heterocycles. The van der Waals surface area contributed by atoms with Crippen LogP contribution in [0.3, 0.4) is 0 Å². The molecule has 1 aliphatic rings. The standard InChI is InChI=1S/C10H11NO4S/c1-5-2-11(10(14)15)3-7-8(5)6(4-16-7)9(12)13/h4-5H,2-3H2,1H3,(H,12,13)(H,14,15). The van der Waals surface area contributed by atoms with Gasteiger partial charge in [-0.3, -0.25) is 0 Å². The van der Waals surface area contributed by atoms with E-state index in [0.29, 0.717) is 18.7 Å². The van der Waals surface area contributed by atoms with Crippen molar-refractivity contribution in [1.82, 2.24) is 4.90 Å². The van der Waals surface area contributed by atoms with Gasteiger partial charge in [-0.25, -0.2) is 9.59 Å². The topological polar surface area (TPSA) is 77.8 Å². The predicted octanol–water partition coefficient (Wildman–Crippen LogP) is 2.04. The maximum absolute atomic E-state index is 11.0. The van der Waals surface area contributed by atoms with Gasteiger partial charge in [0, 0.05) is 22.7 Å². The predicted molar refractivity (Wildman–Crippen MR) is 58.1 cm³/mol. The second-order valence-electron chi connectivity index (χ2n) is 3.86. The number of fused-ring (bicyclic) bond motifs is 1. The Morgan fingerprint density at radius 3 is 2.75 bits per heavy atom. The first-order valence-corrected chi connectivity index (χ1v) is 5.70. The molecule has 0 radical (unpaired) electrons. The zero-order chi connectivity index (χ0) is 11.9. The van der Waals surface area contributed by atoms with Crippen LogP contribution in [0.2, 0.25) is 0 Å². The third kappa shape index (κ3) is 1.65. The van der Waals surface area contributed by atoms with Gasteiger partial charge in [0.25, 0.3) is 0 Å². The van der Waals surface area contributed by atoms with Gasteiger partial charge in [0.1, 0.15) is 0 Å². The van der Waals surface area contributed by atoms with Crippen LogP contribution in [0.1, 0.15) is 33.6 Å². The quantitative estimate of drug-likeness (QED) is 0.788. The van der Waals surface area contributed by atoms with E-state index in [1.807, 2.05) is 6.92 Å². The van der Waals surface area contributed by atoms with Crippen molar-refractivity contribution in [2.75, 3.05) is 6.54 Å². The van der Waals surface area contributed by atoms with Crippen molar-refractivity contribution in [1.29, 1.82) is 0 Å². The number of amides is 1. The molecule has 0 spiro atoms. The lowest BCUT2D eigenvalue weighted by Gasteiger charge is -2.29. The van der Waals surface area contributed by atoms with E-state index in [4.69, 9.17) is 10.2 Å². The van der Waals surface area contributed by atoms with Gasteiger partial charge < -0.3 is 15.1 Å². The number of nitrogens with zero attached hydrogens (tertiary/aromatic N) is 1. The fourth-order valence-corrected chi connectivity index (χ4v) is 3.20. The summed E-state index contributed by atoms with van der Waals surface area (Å²) >= 11 is 1.32. The first-order valence-electron chi connectivity index (χ1n) is 4.82. The summed E-state index contributed by atoms with van der Waals surface area (Å²) in [6.45, 7) is 2.51. The first-order chi connectivity index (χ1) is 7.50. The van der Waals surface area contributed by atoms with E-state index in [-0.39, 0.29) is 5.92 Å². The molecule has 5 nitrogen and oxygen atoms in total. The highest BCUT2D eigenvalue weighted by Crippen LogP contribution is 2.35. The van der Waals surface area contributed by atoms with Crippen molar-refractivity contribution in [3.05, 3.63) is 21.4 Å². The Morgan fingerprint density at radius 1 is 1.50 bits per heavy atom. The normalized spacial score (nSPS) is 19.3. The second-order valence-corrected chi connectivity index (χ2v) is 4.82. The summed E-state index contributed by atoms with van der Waals surface area (Å²) in [5, 5.41) is 19.5. The summed E-state index contributed by atoms with van der Waals surface area (Å²) in [6, 6.07) is 0. The van der Waals surface area contributed by atoms with Crippen LogP contribution in [0.25, 0.3) is 0 Å². The Balaban J connectivity index is 2.39. The van der Waals surface area contributed by atoms with E-state index in [9.17, 15) is 9.59 Å². The fourth-order valence-electron chi connectivity index (χ4n) is 2.04. The molecule has 0 saturated heterocycles. The van der Waals surface area contributed by atoms with E-state index in [1.165, 1.54) is 16.2 Å². The summed E-state index contributed by atoms with van der Waals surface area (Å²) in [5.41, 5.74) is 1.12. The SMILES string of the molecule is CC1CN(C(=O)O)Cc2scc(C(=O)O)c21. The zero-order valence-corrected chi connectivity index (χ0v) is 9.45. The van der Waals surface area contributed by atoms with Gasteiger partial charge in [-0.15, -0.1) is 11.3 Å². The molecular formula is C10H11NO4S. The molecular weight excluding hydrogens is 230 g/mol. The van der Waals surface area contributed by atoms with E-state index in [0.717, 1.165) is 10.4 Å². The molecule has 16 heavy (non-hydrogen) atoms. The largest absolute Gasteiger partial charge is 0.478 e. The maximum Gasteiger partial charge on any atom is 0.407 e. The van der Waals surface area contributed by atoms with Crippen LogP contribution in [0, 0.1) is 0 Å². The van der Waals surface area contributed by atoms with E-state index >= 15 is 0 Å². The molecule has 1 unspecified atom stereocenters. The van der Waals surface area contributed by atoms with Gasteiger partial charge in [-0.2, -0.15) is 0 Å². The third-order valence-corrected chi connectivity index (χ3v) is 3.72. The third-order valence-electron chi connectivity index (χ3n) is 2.73. The van der Waals surface area contributed by atoms with E-state index in [2.05, 4.69) is 0 Å². The van der Waals surface area contributed by atoms with Crippen LogP contribution in [-0.2, 0) is 6.54 Å². The fraction of sp³-hybridized carbons (Fsp3) is 0.400. The van der Waals surface area contributed by atoms with Gasteiger partial charge in [-0.1, -0.05) is 6.92 Å². The molecule has 86 valence electrons. The minimum atomic E-state index is -0.956. The number of hydrogen-bond donors (Lipinski definition) is 2. The molecule has 2 heterocycles. The van der Waals surface area contributed by atoms with Crippen LogP contribution in [0.15, 0.2) is 5.38 Å². The van der Waals surface area contributed by atoms with Crippen molar-refractivity contribution in [2.24, 2.45) is 0 Å². The average Bonchev–Trinajstić information content (AvgIpc) is 2.61. The molecule has 1 aliphatic heterocycles. The van der Waals surface area contributed by atoms with Crippen molar-refractivity contribution in [3.8, 4) is 0 Å². The molecule has 0 aromatic carbocycles. The lowest BCUT2D eigenvalue weighted by atomic mass is 9.93. The second kappa shape index (κ2) is 3.79. The van der Waals surface area contributed by atoms with Crippen molar-refractivity contribution in [3.63, 3.8) is 0 Å². The molecule has 0 bridgehead atoms. The Kier molecular flexibility index (Phi) is 2.59. The minimum absolute atomic E-state index is 0.0581. The number of carboxylic acid groups (broad SMARTS) is 2. The van der Waals surface area contributed by atoms with Gasteiger partial charge in [0.15, 0.2) is 0 Å². The molecule has 0 fully saturated rings. The monoisotopic (exact) mass is 241 g/mol. The number of aromatic carboxylic acids is 1. The van der Waals surface area contributed by atoms with Gasteiger partial charge >= 0.3 is 12.1 Å². The summed E-state index contributed by atoms with van der Waals surface area (Å²) in [6.07, 6.45) is -0.956.